The standard InChI is InChI=1S/C18H21FN2O2/c1-18(21,17(20)22)12-14-5-7-16(8-6-14)23-10-9-13-3-2-4-15(19)11-13/h2-8,11H,9-10,12,21H2,1H3,(H2,20,22)/t18-/m0/s1. The Balaban J connectivity index is 1.87. The van der Waals surface area contributed by atoms with Crippen molar-refractivity contribution in [3.05, 3.63) is 65.5 Å². The molecule has 0 heterocycles. The minimum atomic E-state index is -1.07. The van der Waals surface area contributed by atoms with Crippen LogP contribution in [0.1, 0.15) is 18.1 Å². The van der Waals surface area contributed by atoms with Gasteiger partial charge in [-0.05, 0) is 48.7 Å². The van der Waals surface area contributed by atoms with E-state index in [1.165, 1.54) is 12.1 Å². The molecule has 2 rings (SSSR count). The fourth-order valence-electron chi connectivity index (χ4n) is 2.19. The molecule has 1 amide bonds. The minimum absolute atomic E-state index is 0.244. The molecule has 0 aliphatic rings. The molecule has 0 aliphatic heterocycles. The average molecular weight is 316 g/mol. The summed E-state index contributed by atoms with van der Waals surface area (Å²) in [6.45, 7) is 2.07. The molecule has 0 radical (unpaired) electrons. The fourth-order valence-corrected chi connectivity index (χ4v) is 2.19. The topological polar surface area (TPSA) is 78.3 Å². The zero-order valence-electron chi connectivity index (χ0n) is 13.1. The monoisotopic (exact) mass is 316 g/mol. The molecule has 23 heavy (non-hydrogen) atoms. The molecule has 0 spiro atoms. The van der Waals surface area contributed by atoms with Gasteiger partial charge in [0, 0.05) is 6.42 Å². The molecule has 4 nitrogen and oxygen atoms in total. The normalized spacial score (nSPS) is 13.3. The highest BCUT2D eigenvalue weighted by Crippen LogP contribution is 2.16. The Kier molecular flexibility index (Phi) is 5.34. The van der Waals surface area contributed by atoms with Gasteiger partial charge < -0.3 is 16.2 Å². The fraction of sp³-hybridized carbons (Fsp3) is 0.278. The van der Waals surface area contributed by atoms with Crippen LogP contribution in [-0.4, -0.2) is 18.1 Å². The highest BCUT2D eigenvalue weighted by molar-refractivity contribution is 5.84. The first kappa shape index (κ1) is 17.0. The Hall–Kier alpha value is -2.40. The summed E-state index contributed by atoms with van der Waals surface area (Å²) in [6.07, 6.45) is 0.994. The molecule has 0 bridgehead atoms. The van der Waals surface area contributed by atoms with Crippen LogP contribution in [0.2, 0.25) is 0 Å². The van der Waals surface area contributed by atoms with Gasteiger partial charge in [-0.25, -0.2) is 4.39 Å². The molecule has 4 N–H and O–H groups in total. The summed E-state index contributed by atoms with van der Waals surface area (Å²) in [7, 11) is 0. The maximum Gasteiger partial charge on any atom is 0.237 e. The first-order valence-electron chi connectivity index (χ1n) is 7.42. The Morgan fingerprint density at radius 3 is 2.48 bits per heavy atom. The van der Waals surface area contributed by atoms with Gasteiger partial charge in [-0.3, -0.25) is 4.79 Å². The molecule has 1 atom stereocenters. The van der Waals surface area contributed by atoms with Gasteiger partial charge in [0.05, 0.1) is 12.1 Å². The zero-order valence-corrected chi connectivity index (χ0v) is 13.1. The van der Waals surface area contributed by atoms with Gasteiger partial charge in [0.25, 0.3) is 0 Å². The second-order valence-corrected chi connectivity index (χ2v) is 5.83. The van der Waals surface area contributed by atoms with Crippen LogP contribution in [0.3, 0.4) is 0 Å². The predicted molar refractivity (Wildman–Crippen MR) is 87.5 cm³/mol. The molecule has 2 aromatic carbocycles. The smallest absolute Gasteiger partial charge is 0.237 e. The average Bonchev–Trinajstić information content (AvgIpc) is 2.49. The lowest BCUT2D eigenvalue weighted by atomic mass is 9.93. The van der Waals surface area contributed by atoms with Crippen LogP contribution in [0.4, 0.5) is 4.39 Å². The number of carbonyl (C=O) groups excluding carboxylic acids is 1. The lowest BCUT2D eigenvalue weighted by Crippen LogP contribution is -2.51. The van der Waals surface area contributed by atoms with E-state index in [0.29, 0.717) is 25.2 Å². The van der Waals surface area contributed by atoms with Crippen molar-refractivity contribution < 1.29 is 13.9 Å². The first-order chi connectivity index (χ1) is 10.9. The van der Waals surface area contributed by atoms with Crippen LogP contribution in [-0.2, 0) is 17.6 Å². The van der Waals surface area contributed by atoms with Crippen LogP contribution >= 0.6 is 0 Å². The van der Waals surface area contributed by atoms with Crippen molar-refractivity contribution in [1.82, 2.24) is 0 Å². The molecule has 5 heteroatoms. The largest absolute Gasteiger partial charge is 0.493 e. The lowest BCUT2D eigenvalue weighted by Gasteiger charge is -2.20. The summed E-state index contributed by atoms with van der Waals surface area (Å²) in [6, 6.07) is 13.8. The maximum absolute atomic E-state index is 13.1. The Bertz CT molecular complexity index is 669. The van der Waals surface area contributed by atoms with E-state index in [9.17, 15) is 9.18 Å². The van der Waals surface area contributed by atoms with Crippen molar-refractivity contribution in [1.29, 1.82) is 0 Å². The quantitative estimate of drug-likeness (QED) is 0.822. The van der Waals surface area contributed by atoms with Crippen molar-refractivity contribution in [2.45, 2.75) is 25.3 Å². The van der Waals surface area contributed by atoms with Crippen molar-refractivity contribution in [2.24, 2.45) is 11.5 Å². The van der Waals surface area contributed by atoms with Crippen LogP contribution < -0.4 is 16.2 Å². The van der Waals surface area contributed by atoms with E-state index < -0.39 is 11.4 Å². The molecular weight excluding hydrogens is 295 g/mol. The highest BCUT2D eigenvalue weighted by atomic mass is 19.1. The van der Waals surface area contributed by atoms with Crippen LogP contribution in [0, 0.1) is 5.82 Å². The highest BCUT2D eigenvalue weighted by Gasteiger charge is 2.25. The molecule has 0 saturated carbocycles. The third-order valence-electron chi connectivity index (χ3n) is 3.61. The van der Waals surface area contributed by atoms with Gasteiger partial charge in [0.1, 0.15) is 11.6 Å². The molecular formula is C18H21FN2O2. The lowest BCUT2D eigenvalue weighted by molar-refractivity contribution is -0.122. The van der Waals surface area contributed by atoms with Gasteiger partial charge in [-0.2, -0.15) is 0 Å². The number of hydrogen-bond acceptors (Lipinski definition) is 3. The van der Waals surface area contributed by atoms with Gasteiger partial charge >= 0.3 is 0 Å². The van der Waals surface area contributed by atoms with E-state index in [2.05, 4.69) is 0 Å². The van der Waals surface area contributed by atoms with Crippen LogP contribution in [0.25, 0.3) is 0 Å². The van der Waals surface area contributed by atoms with Crippen LogP contribution in [0.5, 0.6) is 5.75 Å². The van der Waals surface area contributed by atoms with Gasteiger partial charge in [-0.15, -0.1) is 0 Å². The molecule has 0 saturated heterocycles. The number of halogens is 1. The second kappa shape index (κ2) is 7.24. The second-order valence-electron chi connectivity index (χ2n) is 5.83. The zero-order chi connectivity index (χ0) is 16.9. The molecule has 0 aromatic heterocycles. The summed E-state index contributed by atoms with van der Waals surface area (Å²) in [5, 5.41) is 0. The van der Waals surface area contributed by atoms with E-state index >= 15 is 0 Å². The SMILES string of the molecule is C[C@](N)(Cc1ccc(OCCc2cccc(F)c2)cc1)C(N)=O. The Labute approximate surface area is 135 Å². The number of rotatable bonds is 7. The van der Waals surface area contributed by atoms with Crippen molar-refractivity contribution in [3.8, 4) is 5.75 Å². The number of hydrogen-bond donors (Lipinski definition) is 2. The number of carbonyl (C=O) groups is 1. The predicted octanol–water partition coefficient (Wildman–Crippen LogP) is 2.19. The van der Waals surface area contributed by atoms with Crippen molar-refractivity contribution in [2.75, 3.05) is 6.61 Å². The Morgan fingerprint density at radius 2 is 1.87 bits per heavy atom. The van der Waals surface area contributed by atoms with Crippen LogP contribution in [0.15, 0.2) is 48.5 Å². The number of benzene rings is 2. The number of nitrogens with two attached hydrogens (primary N) is 2. The van der Waals surface area contributed by atoms with Crippen molar-refractivity contribution >= 4 is 5.91 Å². The van der Waals surface area contributed by atoms with E-state index in [0.717, 1.165) is 11.1 Å². The Morgan fingerprint density at radius 1 is 1.17 bits per heavy atom. The maximum atomic E-state index is 13.1. The minimum Gasteiger partial charge on any atom is -0.493 e. The van der Waals surface area contributed by atoms with E-state index in [-0.39, 0.29) is 5.82 Å². The number of ether oxygens (including phenoxy) is 1. The van der Waals surface area contributed by atoms with Crippen molar-refractivity contribution in [3.63, 3.8) is 0 Å². The third kappa shape index (κ3) is 5.07. The van der Waals surface area contributed by atoms with E-state index in [1.807, 2.05) is 30.3 Å². The first-order valence-corrected chi connectivity index (χ1v) is 7.42. The molecule has 0 fully saturated rings. The summed E-state index contributed by atoms with van der Waals surface area (Å²) < 4.78 is 18.7. The number of primary amides is 1. The molecule has 122 valence electrons. The van der Waals surface area contributed by atoms with E-state index in [1.54, 1.807) is 13.0 Å². The molecule has 0 aliphatic carbocycles. The van der Waals surface area contributed by atoms with Gasteiger partial charge in [0.15, 0.2) is 0 Å². The van der Waals surface area contributed by atoms with Gasteiger partial charge in [-0.1, -0.05) is 24.3 Å². The summed E-state index contributed by atoms with van der Waals surface area (Å²) in [4.78, 5) is 11.2. The summed E-state index contributed by atoms with van der Waals surface area (Å²) in [5.41, 5.74) is 11.8. The number of amides is 1. The third-order valence-corrected chi connectivity index (χ3v) is 3.61. The molecule has 0 unspecified atom stereocenters. The summed E-state index contributed by atoms with van der Waals surface area (Å²) >= 11 is 0. The van der Waals surface area contributed by atoms with Gasteiger partial charge in [0.2, 0.25) is 5.91 Å². The summed E-state index contributed by atoms with van der Waals surface area (Å²) in [5.74, 6) is -0.0676. The van der Waals surface area contributed by atoms with E-state index in [4.69, 9.17) is 16.2 Å². The molecule has 2 aromatic rings.